The molecule has 0 heterocycles. The summed E-state index contributed by atoms with van der Waals surface area (Å²) in [5, 5.41) is 0. The van der Waals surface area contributed by atoms with Gasteiger partial charge in [0.15, 0.2) is 0 Å². The maximum atomic E-state index is 11.2. The van der Waals surface area contributed by atoms with E-state index in [1.54, 1.807) is 0 Å². The predicted molar refractivity (Wildman–Crippen MR) is 85.4 cm³/mol. The lowest BCUT2D eigenvalue weighted by molar-refractivity contribution is 0.112. The molecule has 2 aromatic carbocycles. The van der Waals surface area contributed by atoms with Crippen molar-refractivity contribution in [1.82, 2.24) is 0 Å². The summed E-state index contributed by atoms with van der Waals surface area (Å²) in [7, 11) is 0. The molecule has 0 bridgehead atoms. The molecule has 0 amide bonds. The van der Waals surface area contributed by atoms with Crippen molar-refractivity contribution in [2.24, 2.45) is 0 Å². The zero-order valence-electron chi connectivity index (χ0n) is 12.6. The molecule has 20 heavy (non-hydrogen) atoms. The van der Waals surface area contributed by atoms with Crippen LogP contribution in [0.4, 0.5) is 0 Å². The number of hydrogen-bond donors (Lipinski definition) is 0. The Labute approximate surface area is 121 Å². The maximum Gasteiger partial charge on any atom is 0.150 e. The maximum absolute atomic E-state index is 11.2. The first-order valence-corrected chi connectivity index (χ1v) is 7.31. The highest BCUT2D eigenvalue weighted by Gasteiger charge is 2.08. The van der Waals surface area contributed by atoms with Crippen LogP contribution in [0, 0.1) is 13.8 Å². The van der Waals surface area contributed by atoms with E-state index in [4.69, 9.17) is 0 Å². The molecule has 1 heteroatoms. The Hall–Kier alpha value is -1.89. The minimum Gasteiger partial charge on any atom is -0.298 e. The van der Waals surface area contributed by atoms with Crippen molar-refractivity contribution in [3.05, 3.63) is 58.7 Å². The molecule has 104 valence electrons. The minimum atomic E-state index is 0.774. The molecule has 0 radical (unpaired) electrons. The monoisotopic (exact) mass is 266 g/mol. The van der Waals surface area contributed by atoms with Gasteiger partial charge in [0.2, 0.25) is 0 Å². The van der Waals surface area contributed by atoms with E-state index in [2.05, 4.69) is 45.0 Å². The molecule has 0 aliphatic rings. The van der Waals surface area contributed by atoms with E-state index in [0.29, 0.717) is 0 Å². The summed E-state index contributed by atoms with van der Waals surface area (Å²) in [4.78, 5) is 11.2. The Bertz CT molecular complexity index is 591. The van der Waals surface area contributed by atoms with E-state index in [1.165, 1.54) is 28.7 Å². The Balaban J connectivity index is 2.52. The number of hydrogen-bond acceptors (Lipinski definition) is 1. The third kappa shape index (κ3) is 3.16. The molecule has 2 rings (SSSR count). The summed E-state index contributed by atoms with van der Waals surface area (Å²) < 4.78 is 0. The second-order valence-corrected chi connectivity index (χ2v) is 5.45. The first kappa shape index (κ1) is 14.5. The Morgan fingerprint density at radius 1 is 1.05 bits per heavy atom. The summed E-state index contributed by atoms with van der Waals surface area (Å²) in [5.74, 6) is 0. The average Bonchev–Trinajstić information content (AvgIpc) is 2.44. The highest BCUT2D eigenvalue weighted by Crippen LogP contribution is 2.29. The molecule has 0 unspecified atom stereocenters. The number of benzene rings is 2. The molecule has 0 saturated carbocycles. The van der Waals surface area contributed by atoms with Crippen LogP contribution in [-0.4, -0.2) is 6.29 Å². The van der Waals surface area contributed by atoms with Gasteiger partial charge in [-0.15, -0.1) is 0 Å². The van der Waals surface area contributed by atoms with Crippen LogP contribution in [0.5, 0.6) is 0 Å². The van der Waals surface area contributed by atoms with Crippen LogP contribution >= 0.6 is 0 Å². The van der Waals surface area contributed by atoms with Gasteiger partial charge < -0.3 is 0 Å². The van der Waals surface area contributed by atoms with Crippen LogP contribution in [0.15, 0.2) is 36.4 Å². The molecule has 0 saturated heterocycles. The Morgan fingerprint density at radius 3 is 2.35 bits per heavy atom. The molecule has 0 atom stereocenters. The van der Waals surface area contributed by atoms with E-state index >= 15 is 0 Å². The lowest BCUT2D eigenvalue weighted by Crippen LogP contribution is -1.94. The fourth-order valence-electron chi connectivity index (χ4n) is 2.73. The standard InChI is InChI=1S/C19H22O/c1-4-5-9-16-10-17(13-20)12-18(11-16)19-14(2)7-6-8-15(19)3/h6-8,10-13H,4-5,9H2,1-3H3. The van der Waals surface area contributed by atoms with E-state index < -0.39 is 0 Å². The van der Waals surface area contributed by atoms with Crippen LogP contribution in [0.3, 0.4) is 0 Å². The van der Waals surface area contributed by atoms with Crippen LogP contribution in [0.25, 0.3) is 11.1 Å². The zero-order chi connectivity index (χ0) is 14.5. The SMILES string of the molecule is CCCCc1cc(C=O)cc(-c2c(C)cccc2C)c1. The van der Waals surface area contributed by atoms with Gasteiger partial charge in [-0.2, -0.15) is 0 Å². The van der Waals surface area contributed by atoms with Gasteiger partial charge in [-0.3, -0.25) is 4.79 Å². The van der Waals surface area contributed by atoms with Crippen molar-refractivity contribution >= 4 is 6.29 Å². The van der Waals surface area contributed by atoms with Crippen LogP contribution in [-0.2, 0) is 6.42 Å². The number of carbonyl (C=O) groups excluding carboxylic acids is 1. The second-order valence-electron chi connectivity index (χ2n) is 5.45. The first-order chi connectivity index (χ1) is 9.65. The van der Waals surface area contributed by atoms with Crippen molar-refractivity contribution in [2.45, 2.75) is 40.0 Å². The topological polar surface area (TPSA) is 17.1 Å². The summed E-state index contributed by atoms with van der Waals surface area (Å²) >= 11 is 0. The summed E-state index contributed by atoms with van der Waals surface area (Å²) in [6.07, 6.45) is 4.32. The van der Waals surface area contributed by atoms with Gasteiger partial charge in [0.1, 0.15) is 6.29 Å². The molecule has 0 spiro atoms. The third-order valence-corrected chi connectivity index (χ3v) is 3.74. The highest BCUT2D eigenvalue weighted by atomic mass is 16.1. The van der Waals surface area contributed by atoms with Crippen LogP contribution in [0.1, 0.15) is 46.8 Å². The molecule has 0 aromatic heterocycles. The van der Waals surface area contributed by atoms with Gasteiger partial charge in [0.05, 0.1) is 0 Å². The highest BCUT2D eigenvalue weighted by molar-refractivity contribution is 5.81. The van der Waals surface area contributed by atoms with Crippen LogP contribution in [0.2, 0.25) is 0 Å². The summed E-state index contributed by atoms with van der Waals surface area (Å²) in [6, 6.07) is 12.6. The van der Waals surface area contributed by atoms with Gasteiger partial charge in [0, 0.05) is 5.56 Å². The molecule has 0 N–H and O–H groups in total. The Morgan fingerprint density at radius 2 is 1.75 bits per heavy atom. The molecule has 1 nitrogen and oxygen atoms in total. The van der Waals surface area contributed by atoms with Crippen molar-refractivity contribution in [1.29, 1.82) is 0 Å². The minimum absolute atomic E-state index is 0.774. The quantitative estimate of drug-likeness (QED) is 0.686. The van der Waals surface area contributed by atoms with E-state index in [-0.39, 0.29) is 0 Å². The predicted octanol–water partition coefficient (Wildman–Crippen LogP) is 5.13. The molecular weight excluding hydrogens is 244 g/mol. The molecular formula is C19H22O. The number of unbranched alkanes of at least 4 members (excludes halogenated alkanes) is 1. The van der Waals surface area contributed by atoms with Crippen molar-refractivity contribution in [3.8, 4) is 11.1 Å². The molecule has 0 aliphatic carbocycles. The lowest BCUT2D eigenvalue weighted by atomic mass is 9.92. The van der Waals surface area contributed by atoms with E-state index in [9.17, 15) is 4.79 Å². The number of carbonyl (C=O) groups is 1. The molecule has 0 fully saturated rings. The smallest absolute Gasteiger partial charge is 0.150 e. The lowest BCUT2D eigenvalue weighted by Gasteiger charge is -2.12. The molecule has 0 aliphatic heterocycles. The van der Waals surface area contributed by atoms with Gasteiger partial charge >= 0.3 is 0 Å². The Kier molecular flexibility index (Phi) is 4.73. The summed E-state index contributed by atoms with van der Waals surface area (Å²) in [5.41, 5.74) is 6.97. The first-order valence-electron chi connectivity index (χ1n) is 7.31. The second kappa shape index (κ2) is 6.51. The van der Waals surface area contributed by atoms with Gasteiger partial charge in [-0.05, 0) is 66.6 Å². The average molecular weight is 266 g/mol. The van der Waals surface area contributed by atoms with Gasteiger partial charge in [-0.1, -0.05) is 37.6 Å². The zero-order valence-corrected chi connectivity index (χ0v) is 12.6. The van der Waals surface area contributed by atoms with Crippen molar-refractivity contribution < 1.29 is 4.79 Å². The fourth-order valence-corrected chi connectivity index (χ4v) is 2.73. The number of aldehydes is 1. The van der Waals surface area contributed by atoms with E-state index in [1.807, 2.05) is 12.1 Å². The number of rotatable bonds is 5. The summed E-state index contributed by atoms with van der Waals surface area (Å²) in [6.45, 7) is 6.44. The van der Waals surface area contributed by atoms with Gasteiger partial charge in [-0.25, -0.2) is 0 Å². The van der Waals surface area contributed by atoms with Crippen LogP contribution < -0.4 is 0 Å². The third-order valence-electron chi connectivity index (χ3n) is 3.74. The van der Waals surface area contributed by atoms with Gasteiger partial charge in [0.25, 0.3) is 0 Å². The fraction of sp³-hybridized carbons (Fsp3) is 0.316. The van der Waals surface area contributed by atoms with Crippen molar-refractivity contribution in [2.75, 3.05) is 0 Å². The molecule has 2 aromatic rings. The normalized spacial score (nSPS) is 10.6. The van der Waals surface area contributed by atoms with Crippen molar-refractivity contribution in [3.63, 3.8) is 0 Å². The number of aryl methyl sites for hydroxylation is 3. The largest absolute Gasteiger partial charge is 0.298 e. The van der Waals surface area contributed by atoms with E-state index in [0.717, 1.165) is 30.3 Å².